The first-order chi connectivity index (χ1) is 6.65. The number of phenols is 1. The average Bonchev–Trinajstić information content (AvgIpc) is 2.44. The zero-order valence-electron chi connectivity index (χ0n) is 8.32. The molecule has 74 valence electrons. The van der Waals surface area contributed by atoms with Crippen LogP contribution in [0.15, 0.2) is 18.2 Å². The first kappa shape index (κ1) is 9.46. The molecule has 0 bridgehead atoms. The molecule has 0 atom stereocenters. The Morgan fingerprint density at radius 2 is 2.21 bits per heavy atom. The van der Waals surface area contributed by atoms with Gasteiger partial charge in [0.25, 0.3) is 0 Å². The molecule has 14 heavy (non-hydrogen) atoms. The molecule has 0 amide bonds. The summed E-state index contributed by atoms with van der Waals surface area (Å²) in [7, 11) is 0. The molecule has 1 heterocycles. The molecule has 1 N–H and O–H groups in total. The van der Waals surface area contributed by atoms with Crippen LogP contribution in [0.3, 0.4) is 0 Å². The zero-order valence-corrected chi connectivity index (χ0v) is 9.14. The van der Waals surface area contributed by atoms with E-state index in [9.17, 15) is 5.11 Å². The van der Waals surface area contributed by atoms with E-state index in [1.54, 1.807) is 23.5 Å². The van der Waals surface area contributed by atoms with Gasteiger partial charge in [0, 0.05) is 6.42 Å². The summed E-state index contributed by atoms with van der Waals surface area (Å²) >= 11 is 1.67. The van der Waals surface area contributed by atoms with E-state index in [0.29, 0.717) is 11.7 Å². The topological polar surface area (TPSA) is 33.1 Å². The monoisotopic (exact) mass is 207 g/mol. The molecule has 0 radical (unpaired) electrons. The number of nitrogens with zero attached hydrogens (tertiary/aromatic N) is 1. The maximum atomic E-state index is 9.30. The number of rotatable bonds is 2. The van der Waals surface area contributed by atoms with Crippen molar-refractivity contribution in [2.75, 3.05) is 0 Å². The van der Waals surface area contributed by atoms with Gasteiger partial charge < -0.3 is 5.11 Å². The van der Waals surface area contributed by atoms with Crippen molar-refractivity contribution in [2.45, 2.75) is 20.3 Å². The number of benzene rings is 1. The Labute approximate surface area is 87.2 Å². The van der Waals surface area contributed by atoms with Gasteiger partial charge in [0.2, 0.25) is 0 Å². The SMILES string of the molecule is CC(C)Cc1nc2ccc(O)cc2s1. The van der Waals surface area contributed by atoms with Crippen molar-refractivity contribution in [1.82, 2.24) is 4.98 Å². The third-order valence-corrected chi connectivity index (χ3v) is 3.04. The lowest BCUT2D eigenvalue weighted by Gasteiger charge is -1.97. The molecule has 1 aromatic heterocycles. The maximum absolute atomic E-state index is 9.30. The lowest BCUT2D eigenvalue weighted by atomic mass is 10.1. The van der Waals surface area contributed by atoms with E-state index in [-0.39, 0.29) is 0 Å². The number of fused-ring (bicyclic) bond motifs is 1. The number of aromatic nitrogens is 1. The van der Waals surface area contributed by atoms with Crippen molar-refractivity contribution >= 4 is 21.6 Å². The lowest BCUT2D eigenvalue weighted by molar-refractivity contribution is 0.476. The fourth-order valence-corrected chi connectivity index (χ4v) is 2.61. The van der Waals surface area contributed by atoms with Crippen LogP contribution in [0, 0.1) is 5.92 Å². The number of thiazole rings is 1. The molecule has 2 nitrogen and oxygen atoms in total. The van der Waals surface area contributed by atoms with Crippen LogP contribution < -0.4 is 0 Å². The highest BCUT2D eigenvalue weighted by atomic mass is 32.1. The molecule has 0 spiro atoms. The predicted octanol–water partition coefficient (Wildman–Crippen LogP) is 3.20. The van der Waals surface area contributed by atoms with Gasteiger partial charge in [-0.3, -0.25) is 0 Å². The smallest absolute Gasteiger partial charge is 0.117 e. The summed E-state index contributed by atoms with van der Waals surface area (Å²) in [4.78, 5) is 4.50. The molecule has 0 saturated carbocycles. The average molecular weight is 207 g/mol. The summed E-state index contributed by atoms with van der Waals surface area (Å²) in [5.74, 6) is 0.946. The molecule has 0 unspecified atom stereocenters. The Hall–Kier alpha value is -1.09. The second-order valence-electron chi connectivity index (χ2n) is 3.86. The van der Waals surface area contributed by atoms with Crippen LogP contribution in [0.5, 0.6) is 5.75 Å². The Balaban J connectivity index is 2.41. The van der Waals surface area contributed by atoms with Gasteiger partial charge in [0.1, 0.15) is 5.75 Å². The summed E-state index contributed by atoms with van der Waals surface area (Å²) in [5, 5.41) is 10.5. The molecular weight excluding hydrogens is 194 g/mol. The van der Waals surface area contributed by atoms with Crippen LogP contribution in [-0.4, -0.2) is 10.1 Å². The summed E-state index contributed by atoms with van der Waals surface area (Å²) in [5.41, 5.74) is 0.989. The van der Waals surface area contributed by atoms with Gasteiger partial charge >= 0.3 is 0 Å². The van der Waals surface area contributed by atoms with Gasteiger partial charge in [-0.25, -0.2) is 4.98 Å². The molecule has 3 heteroatoms. The minimum atomic E-state index is 0.317. The molecule has 0 aliphatic carbocycles. The van der Waals surface area contributed by atoms with Gasteiger partial charge in [-0.15, -0.1) is 11.3 Å². The Morgan fingerprint density at radius 3 is 2.93 bits per heavy atom. The zero-order chi connectivity index (χ0) is 10.1. The number of hydrogen-bond acceptors (Lipinski definition) is 3. The summed E-state index contributed by atoms with van der Waals surface area (Å²) in [6.07, 6.45) is 1.01. The lowest BCUT2D eigenvalue weighted by Crippen LogP contribution is -1.91. The van der Waals surface area contributed by atoms with E-state index < -0.39 is 0 Å². The Kier molecular flexibility index (Phi) is 2.42. The third-order valence-electron chi connectivity index (χ3n) is 2.00. The minimum absolute atomic E-state index is 0.317. The molecule has 2 aromatic rings. The van der Waals surface area contributed by atoms with Crippen molar-refractivity contribution in [1.29, 1.82) is 0 Å². The highest BCUT2D eigenvalue weighted by molar-refractivity contribution is 7.18. The summed E-state index contributed by atoms with van der Waals surface area (Å²) in [6, 6.07) is 5.32. The largest absolute Gasteiger partial charge is 0.508 e. The van der Waals surface area contributed by atoms with Gasteiger partial charge in [0.15, 0.2) is 0 Å². The van der Waals surface area contributed by atoms with Crippen molar-refractivity contribution in [2.24, 2.45) is 5.92 Å². The van der Waals surface area contributed by atoms with Crippen molar-refractivity contribution < 1.29 is 5.11 Å². The molecule has 0 fully saturated rings. The molecule has 0 saturated heterocycles. The number of hydrogen-bond donors (Lipinski definition) is 1. The summed E-state index contributed by atoms with van der Waals surface area (Å²) < 4.78 is 1.07. The van der Waals surface area contributed by atoms with Gasteiger partial charge in [-0.2, -0.15) is 0 Å². The Morgan fingerprint density at radius 1 is 1.43 bits per heavy atom. The van der Waals surface area contributed by atoms with Gasteiger partial charge in [-0.05, 0) is 24.1 Å². The van der Waals surface area contributed by atoms with E-state index in [1.165, 1.54) is 0 Å². The van der Waals surface area contributed by atoms with Gasteiger partial charge in [-0.1, -0.05) is 13.8 Å². The minimum Gasteiger partial charge on any atom is -0.508 e. The maximum Gasteiger partial charge on any atom is 0.117 e. The van der Waals surface area contributed by atoms with E-state index in [4.69, 9.17) is 0 Å². The number of phenolic OH excluding ortho intramolecular Hbond substituents is 1. The highest BCUT2D eigenvalue weighted by Gasteiger charge is 2.05. The van der Waals surface area contributed by atoms with Crippen LogP contribution in [0.2, 0.25) is 0 Å². The van der Waals surface area contributed by atoms with Crippen molar-refractivity contribution in [3.8, 4) is 5.75 Å². The predicted molar refractivity (Wildman–Crippen MR) is 59.8 cm³/mol. The Bertz CT molecular complexity index is 447. The first-order valence-corrected chi connectivity index (χ1v) is 5.55. The molecular formula is C11H13NOS. The molecule has 1 aromatic carbocycles. The fourth-order valence-electron chi connectivity index (χ4n) is 1.40. The van der Waals surface area contributed by atoms with Crippen LogP contribution in [0.1, 0.15) is 18.9 Å². The normalized spacial score (nSPS) is 11.4. The van der Waals surface area contributed by atoms with E-state index in [1.807, 2.05) is 6.07 Å². The third kappa shape index (κ3) is 1.87. The van der Waals surface area contributed by atoms with Crippen LogP contribution >= 0.6 is 11.3 Å². The molecule has 2 rings (SSSR count). The van der Waals surface area contributed by atoms with Crippen LogP contribution in [0.4, 0.5) is 0 Å². The van der Waals surface area contributed by atoms with Crippen molar-refractivity contribution in [3.05, 3.63) is 23.2 Å². The quantitative estimate of drug-likeness (QED) is 0.820. The molecule has 0 aliphatic heterocycles. The van der Waals surface area contributed by atoms with E-state index >= 15 is 0 Å². The molecule has 0 aliphatic rings. The first-order valence-electron chi connectivity index (χ1n) is 4.73. The fraction of sp³-hybridized carbons (Fsp3) is 0.364. The van der Waals surface area contributed by atoms with Gasteiger partial charge in [0.05, 0.1) is 15.2 Å². The standard InChI is InChI=1S/C11H13NOS/c1-7(2)5-11-12-9-4-3-8(13)6-10(9)14-11/h3-4,6-7,13H,5H2,1-2H3. The number of aromatic hydroxyl groups is 1. The highest BCUT2D eigenvalue weighted by Crippen LogP contribution is 2.26. The van der Waals surface area contributed by atoms with E-state index in [2.05, 4.69) is 18.8 Å². The second kappa shape index (κ2) is 3.58. The van der Waals surface area contributed by atoms with Crippen molar-refractivity contribution in [3.63, 3.8) is 0 Å². The summed E-state index contributed by atoms with van der Waals surface area (Å²) in [6.45, 7) is 4.37. The van der Waals surface area contributed by atoms with Crippen LogP contribution in [0.25, 0.3) is 10.2 Å². The second-order valence-corrected chi connectivity index (χ2v) is 4.97. The van der Waals surface area contributed by atoms with Crippen LogP contribution in [-0.2, 0) is 6.42 Å². The van der Waals surface area contributed by atoms with E-state index in [0.717, 1.165) is 21.6 Å².